The van der Waals surface area contributed by atoms with Crippen LogP contribution in [-0.4, -0.2) is 55.3 Å². The molecule has 7 heteroatoms. The van der Waals surface area contributed by atoms with Crippen LogP contribution in [0.1, 0.15) is 25.7 Å². The smallest absolute Gasteiger partial charge is 0.304 e. The molecule has 0 amide bonds. The van der Waals surface area contributed by atoms with Crippen LogP contribution >= 0.6 is 0 Å². The summed E-state index contributed by atoms with van der Waals surface area (Å²) in [4.78, 5) is 12.7. The largest absolute Gasteiger partial charge is 0.481 e. The third-order valence-electron chi connectivity index (χ3n) is 3.52. The second-order valence-corrected chi connectivity index (χ2v) is 6.59. The van der Waals surface area contributed by atoms with Crippen molar-refractivity contribution in [2.45, 2.75) is 37.8 Å². The number of carbonyl (C=O) groups is 1. The van der Waals surface area contributed by atoms with E-state index < -0.39 is 16.0 Å². The highest BCUT2D eigenvalue weighted by Gasteiger charge is 2.38. The minimum absolute atomic E-state index is 0.0312. The summed E-state index contributed by atoms with van der Waals surface area (Å²) in [6.07, 6.45) is 2.65. The lowest BCUT2D eigenvalue weighted by Crippen LogP contribution is -2.43. The lowest BCUT2D eigenvalue weighted by molar-refractivity contribution is -0.136. The molecule has 0 aromatic rings. The van der Waals surface area contributed by atoms with Crippen molar-refractivity contribution < 1.29 is 18.3 Å². The molecular formula is C10H18N2O4S. The van der Waals surface area contributed by atoms with Gasteiger partial charge in [-0.1, -0.05) is 0 Å². The normalized spacial score (nSPS) is 29.4. The van der Waals surface area contributed by atoms with Gasteiger partial charge in [0, 0.05) is 18.6 Å². The maximum absolute atomic E-state index is 11.7. The Balaban J connectivity index is 1.89. The van der Waals surface area contributed by atoms with Gasteiger partial charge < -0.3 is 5.11 Å². The molecule has 0 saturated carbocycles. The fourth-order valence-corrected chi connectivity index (χ4v) is 4.03. The molecule has 2 atom stereocenters. The van der Waals surface area contributed by atoms with Gasteiger partial charge in [0.25, 0.3) is 0 Å². The number of fused-ring (bicyclic) bond motifs is 1. The highest BCUT2D eigenvalue weighted by Crippen LogP contribution is 2.28. The fourth-order valence-electron chi connectivity index (χ4n) is 2.73. The van der Waals surface area contributed by atoms with Gasteiger partial charge in [-0.05, 0) is 25.8 Å². The number of carboxylic acids is 1. The molecule has 2 saturated heterocycles. The van der Waals surface area contributed by atoms with Crippen LogP contribution in [-0.2, 0) is 14.8 Å². The number of nitrogens with one attached hydrogen (secondary N) is 1. The Kier molecular flexibility index (Phi) is 3.70. The molecule has 2 heterocycles. The first-order valence-electron chi connectivity index (χ1n) is 5.94. The van der Waals surface area contributed by atoms with Crippen molar-refractivity contribution in [3.05, 3.63) is 0 Å². The van der Waals surface area contributed by atoms with Gasteiger partial charge in [0.1, 0.15) is 0 Å². The number of sulfonamides is 1. The molecule has 2 aliphatic heterocycles. The Bertz CT molecular complexity index is 395. The number of nitrogens with zero attached hydrogens (tertiary/aromatic N) is 1. The molecule has 0 aromatic carbocycles. The summed E-state index contributed by atoms with van der Waals surface area (Å²) < 4.78 is 26.0. The van der Waals surface area contributed by atoms with Crippen molar-refractivity contribution in [3.63, 3.8) is 0 Å². The van der Waals surface area contributed by atoms with Crippen molar-refractivity contribution in [2.24, 2.45) is 0 Å². The van der Waals surface area contributed by atoms with E-state index in [0.717, 1.165) is 32.4 Å². The van der Waals surface area contributed by atoms with Gasteiger partial charge in [-0.3, -0.25) is 9.69 Å². The van der Waals surface area contributed by atoms with Crippen molar-refractivity contribution in [1.29, 1.82) is 0 Å². The maximum Gasteiger partial charge on any atom is 0.304 e. The molecule has 2 aliphatic rings. The Morgan fingerprint density at radius 3 is 2.82 bits per heavy atom. The van der Waals surface area contributed by atoms with Crippen LogP contribution in [0.4, 0.5) is 0 Å². The number of rotatable bonds is 5. The zero-order valence-electron chi connectivity index (χ0n) is 9.63. The van der Waals surface area contributed by atoms with E-state index in [1.54, 1.807) is 0 Å². The third kappa shape index (κ3) is 3.17. The second kappa shape index (κ2) is 4.91. The van der Waals surface area contributed by atoms with E-state index in [1.807, 2.05) is 0 Å². The lowest BCUT2D eigenvalue weighted by Gasteiger charge is -2.20. The number of hydrogen-bond acceptors (Lipinski definition) is 4. The first-order valence-corrected chi connectivity index (χ1v) is 7.59. The van der Waals surface area contributed by atoms with Gasteiger partial charge in [0.05, 0.1) is 12.2 Å². The van der Waals surface area contributed by atoms with E-state index in [0.29, 0.717) is 6.04 Å². The summed E-state index contributed by atoms with van der Waals surface area (Å²) in [5, 5.41) is 8.49. The van der Waals surface area contributed by atoms with Crippen LogP contribution in [0.5, 0.6) is 0 Å². The quantitative estimate of drug-likeness (QED) is 0.705. The van der Waals surface area contributed by atoms with Gasteiger partial charge in [-0.2, -0.15) is 0 Å². The predicted octanol–water partition coefficient (Wildman–Crippen LogP) is -0.383. The number of hydrogen-bond donors (Lipinski definition) is 2. The van der Waals surface area contributed by atoms with Crippen molar-refractivity contribution in [1.82, 2.24) is 9.62 Å². The maximum atomic E-state index is 11.7. The van der Waals surface area contributed by atoms with Crippen LogP contribution in [0.3, 0.4) is 0 Å². The molecule has 0 aliphatic carbocycles. The molecule has 2 N–H and O–H groups in total. The topological polar surface area (TPSA) is 86.7 Å². The van der Waals surface area contributed by atoms with Crippen LogP contribution in [0, 0.1) is 0 Å². The summed E-state index contributed by atoms with van der Waals surface area (Å²) >= 11 is 0. The van der Waals surface area contributed by atoms with Crippen LogP contribution in [0.2, 0.25) is 0 Å². The first-order chi connectivity index (χ1) is 7.98. The van der Waals surface area contributed by atoms with Gasteiger partial charge in [-0.15, -0.1) is 0 Å². The zero-order valence-corrected chi connectivity index (χ0v) is 10.4. The highest BCUT2D eigenvalue weighted by atomic mass is 32.2. The third-order valence-corrected chi connectivity index (χ3v) is 4.93. The Morgan fingerprint density at radius 1 is 1.35 bits per heavy atom. The van der Waals surface area contributed by atoms with Crippen molar-refractivity contribution >= 4 is 16.0 Å². The summed E-state index contributed by atoms with van der Waals surface area (Å²) in [6.45, 7) is 1.99. The average Bonchev–Trinajstić information content (AvgIpc) is 2.80. The van der Waals surface area contributed by atoms with Crippen molar-refractivity contribution in [3.8, 4) is 0 Å². The summed E-state index contributed by atoms with van der Waals surface area (Å²) in [5.74, 6) is -1.41. The molecule has 17 heavy (non-hydrogen) atoms. The average molecular weight is 262 g/mol. The molecule has 6 nitrogen and oxygen atoms in total. The minimum Gasteiger partial charge on any atom is -0.481 e. The predicted molar refractivity (Wildman–Crippen MR) is 62.2 cm³/mol. The van der Waals surface area contributed by atoms with Crippen LogP contribution in [0.25, 0.3) is 0 Å². The first kappa shape index (κ1) is 12.8. The molecule has 0 radical (unpaired) electrons. The van der Waals surface area contributed by atoms with Crippen molar-refractivity contribution in [2.75, 3.05) is 18.8 Å². The molecule has 0 aromatic heterocycles. The van der Waals surface area contributed by atoms with E-state index in [2.05, 4.69) is 9.62 Å². The highest BCUT2D eigenvalue weighted by molar-refractivity contribution is 7.89. The van der Waals surface area contributed by atoms with Crippen LogP contribution < -0.4 is 4.72 Å². The molecular weight excluding hydrogens is 244 g/mol. The molecule has 0 bridgehead atoms. The minimum atomic E-state index is -3.46. The zero-order chi connectivity index (χ0) is 12.5. The van der Waals surface area contributed by atoms with Gasteiger partial charge in [-0.25, -0.2) is 13.1 Å². The van der Waals surface area contributed by atoms with E-state index in [4.69, 9.17) is 5.11 Å². The Hall–Kier alpha value is -0.660. The summed E-state index contributed by atoms with van der Waals surface area (Å²) in [7, 11) is -3.46. The number of carboxylic acid groups (broad SMARTS) is 1. The summed E-state index contributed by atoms with van der Waals surface area (Å²) in [5.41, 5.74) is 0. The molecule has 2 unspecified atom stereocenters. The Labute approximate surface area is 101 Å². The lowest BCUT2D eigenvalue weighted by atomic mass is 10.1. The van der Waals surface area contributed by atoms with Gasteiger partial charge in [0.2, 0.25) is 10.0 Å². The number of aliphatic carboxylic acids is 1. The Morgan fingerprint density at radius 2 is 2.12 bits per heavy atom. The monoisotopic (exact) mass is 262 g/mol. The van der Waals surface area contributed by atoms with E-state index >= 15 is 0 Å². The SMILES string of the molecule is O=C(O)CCS(=O)(=O)NC1CCN2CCCC12. The van der Waals surface area contributed by atoms with E-state index in [1.165, 1.54) is 0 Å². The van der Waals surface area contributed by atoms with E-state index in [9.17, 15) is 13.2 Å². The second-order valence-electron chi connectivity index (χ2n) is 4.72. The fraction of sp³-hybridized carbons (Fsp3) is 0.900. The standard InChI is InChI=1S/C10H18N2O4S/c13-10(14)4-7-17(15,16)11-8-3-6-12-5-1-2-9(8)12/h8-9,11H,1-7H2,(H,13,14). The molecule has 98 valence electrons. The van der Waals surface area contributed by atoms with E-state index in [-0.39, 0.29) is 18.2 Å². The molecule has 0 spiro atoms. The van der Waals surface area contributed by atoms with Gasteiger partial charge >= 0.3 is 5.97 Å². The molecule has 2 rings (SSSR count). The summed E-state index contributed by atoms with van der Waals surface area (Å²) in [6, 6.07) is 0.283. The van der Waals surface area contributed by atoms with Crippen LogP contribution in [0.15, 0.2) is 0 Å². The molecule has 2 fully saturated rings. The van der Waals surface area contributed by atoms with Gasteiger partial charge in [0.15, 0.2) is 0 Å².